The minimum absolute atomic E-state index is 0.0531. The molecule has 0 aliphatic carbocycles. The lowest BCUT2D eigenvalue weighted by molar-refractivity contribution is 0.0181. The molecule has 0 radical (unpaired) electrons. The van der Waals surface area contributed by atoms with Crippen molar-refractivity contribution in [3.63, 3.8) is 0 Å². The number of aryl methyl sites for hydroxylation is 1. The second kappa shape index (κ2) is 5.92. The summed E-state index contributed by atoms with van der Waals surface area (Å²) in [6.07, 6.45) is 1.89. The highest BCUT2D eigenvalue weighted by molar-refractivity contribution is 5.64. The van der Waals surface area contributed by atoms with Crippen LogP contribution in [0, 0.1) is 6.92 Å². The second-order valence-corrected chi connectivity index (χ2v) is 6.00. The largest absolute Gasteiger partial charge is 0.481 e. The van der Waals surface area contributed by atoms with E-state index in [2.05, 4.69) is 47.1 Å². The number of methoxy groups -OCH3 is 1. The number of aromatic nitrogens is 1. The van der Waals surface area contributed by atoms with Gasteiger partial charge in [0, 0.05) is 30.4 Å². The predicted molar refractivity (Wildman–Crippen MR) is 86.0 cm³/mol. The molecule has 0 saturated carbocycles. The van der Waals surface area contributed by atoms with Crippen LogP contribution in [0.2, 0.25) is 0 Å². The number of benzene rings is 1. The summed E-state index contributed by atoms with van der Waals surface area (Å²) in [4.78, 5) is 6.76. The molecule has 3 heterocycles. The number of fused-ring (bicyclic) bond motifs is 1. The molecule has 23 heavy (non-hydrogen) atoms. The molecule has 2 aliphatic rings. The predicted octanol–water partition coefficient (Wildman–Crippen LogP) is 2.58. The molecule has 1 aromatic carbocycles. The Morgan fingerprint density at radius 2 is 2.22 bits per heavy atom. The van der Waals surface area contributed by atoms with E-state index in [0.29, 0.717) is 12.5 Å². The van der Waals surface area contributed by atoms with E-state index in [1.54, 1.807) is 7.11 Å². The number of hydrogen-bond donors (Lipinski definition) is 0. The fourth-order valence-corrected chi connectivity index (χ4v) is 3.05. The molecule has 120 valence electrons. The quantitative estimate of drug-likeness (QED) is 0.812. The third-order valence-electron chi connectivity index (χ3n) is 4.29. The topological polar surface area (TPSA) is 47.1 Å². The van der Waals surface area contributed by atoms with Gasteiger partial charge in [0.2, 0.25) is 5.88 Å². The summed E-state index contributed by atoms with van der Waals surface area (Å²) in [6, 6.07) is 10.6. The standard InChI is InChI=1S/C18H20N2O3/c1-12-4-3-5-13(8-12)14-9-15(16(21-2)19-10-14)11-20-6-7-22-18-17(20)23-18/h3-5,8-10,17-18H,6-7,11H2,1-2H3. The minimum Gasteiger partial charge on any atom is -0.481 e. The molecule has 2 atom stereocenters. The summed E-state index contributed by atoms with van der Waals surface area (Å²) < 4.78 is 16.4. The normalized spacial score (nSPS) is 23.4. The second-order valence-electron chi connectivity index (χ2n) is 6.00. The van der Waals surface area contributed by atoms with Crippen molar-refractivity contribution in [1.29, 1.82) is 0 Å². The van der Waals surface area contributed by atoms with Gasteiger partial charge < -0.3 is 14.2 Å². The number of nitrogens with zero attached hydrogens (tertiary/aromatic N) is 2. The van der Waals surface area contributed by atoms with Crippen LogP contribution in [0.3, 0.4) is 0 Å². The molecule has 0 spiro atoms. The molecule has 2 saturated heterocycles. The van der Waals surface area contributed by atoms with Gasteiger partial charge in [-0.25, -0.2) is 4.98 Å². The molecule has 1 aromatic heterocycles. The van der Waals surface area contributed by atoms with Crippen LogP contribution in [0.25, 0.3) is 11.1 Å². The van der Waals surface area contributed by atoms with Crippen molar-refractivity contribution in [1.82, 2.24) is 9.88 Å². The summed E-state index contributed by atoms with van der Waals surface area (Å²) in [6.45, 7) is 4.41. The van der Waals surface area contributed by atoms with Crippen LogP contribution in [0.15, 0.2) is 36.5 Å². The van der Waals surface area contributed by atoms with Gasteiger partial charge in [0.15, 0.2) is 12.5 Å². The van der Waals surface area contributed by atoms with E-state index in [-0.39, 0.29) is 12.5 Å². The molecule has 0 N–H and O–H groups in total. The van der Waals surface area contributed by atoms with E-state index in [1.165, 1.54) is 11.1 Å². The van der Waals surface area contributed by atoms with E-state index < -0.39 is 0 Å². The zero-order chi connectivity index (χ0) is 15.8. The zero-order valence-corrected chi connectivity index (χ0v) is 13.4. The lowest BCUT2D eigenvalue weighted by Crippen LogP contribution is -2.36. The van der Waals surface area contributed by atoms with Crippen molar-refractivity contribution in [3.05, 3.63) is 47.7 Å². The first-order chi connectivity index (χ1) is 11.2. The maximum atomic E-state index is 5.51. The van der Waals surface area contributed by atoms with E-state index in [0.717, 1.165) is 24.2 Å². The Morgan fingerprint density at radius 3 is 3.04 bits per heavy atom. The Bertz CT molecular complexity index is 719. The van der Waals surface area contributed by atoms with Crippen LogP contribution in [0.4, 0.5) is 0 Å². The smallest absolute Gasteiger partial charge is 0.217 e. The first-order valence-electron chi connectivity index (χ1n) is 7.85. The van der Waals surface area contributed by atoms with Gasteiger partial charge in [0.25, 0.3) is 0 Å². The third-order valence-corrected chi connectivity index (χ3v) is 4.29. The highest BCUT2D eigenvalue weighted by Gasteiger charge is 2.47. The monoisotopic (exact) mass is 312 g/mol. The molecule has 2 unspecified atom stereocenters. The van der Waals surface area contributed by atoms with Crippen LogP contribution < -0.4 is 4.74 Å². The lowest BCUT2D eigenvalue weighted by atomic mass is 10.0. The molecule has 2 fully saturated rings. The Balaban J connectivity index is 1.63. The maximum Gasteiger partial charge on any atom is 0.217 e. The fourth-order valence-electron chi connectivity index (χ4n) is 3.05. The number of pyridine rings is 1. The van der Waals surface area contributed by atoms with Gasteiger partial charge in [0.05, 0.1) is 13.7 Å². The van der Waals surface area contributed by atoms with Crippen molar-refractivity contribution < 1.29 is 14.2 Å². The van der Waals surface area contributed by atoms with Crippen molar-refractivity contribution in [2.24, 2.45) is 0 Å². The van der Waals surface area contributed by atoms with Gasteiger partial charge in [-0.05, 0) is 18.6 Å². The van der Waals surface area contributed by atoms with Crippen LogP contribution >= 0.6 is 0 Å². The van der Waals surface area contributed by atoms with Crippen molar-refractivity contribution in [2.75, 3.05) is 20.3 Å². The summed E-state index contributed by atoms with van der Waals surface area (Å²) in [5.74, 6) is 0.671. The first-order valence-corrected chi connectivity index (χ1v) is 7.85. The number of ether oxygens (including phenoxy) is 3. The molecular formula is C18H20N2O3. The number of hydrogen-bond acceptors (Lipinski definition) is 5. The van der Waals surface area contributed by atoms with Crippen molar-refractivity contribution in [3.8, 4) is 17.0 Å². The van der Waals surface area contributed by atoms with Gasteiger partial charge >= 0.3 is 0 Å². The Morgan fingerprint density at radius 1 is 1.30 bits per heavy atom. The SMILES string of the molecule is COc1ncc(-c2cccc(C)c2)cc1CN1CCOC2OC21. The fraction of sp³-hybridized carbons (Fsp3) is 0.389. The number of rotatable bonds is 4. The molecule has 5 nitrogen and oxygen atoms in total. The van der Waals surface area contributed by atoms with E-state index in [4.69, 9.17) is 14.2 Å². The lowest BCUT2D eigenvalue weighted by Gasteiger charge is -2.24. The molecular weight excluding hydrogens is 292 g/mol. The highest BCUT2D eigenvalue weighted by atomic mass is 16.8. The summed E-state index contributed by atoms with van der Waals surface area (Å²) in [5.41, 5.74) is 4.58. The van der Waals surface area contributed by atoms with Gasteiger partial charge in [-0.15, -0.1) is 0 Å². The van der Waals surface area contributed by atoms with E-state index >= 15 is 0 Å². The van der Waals surface area contributed by atoms with Crippen LogP contribution in [0.1, 0.15) is 11.1 Å². The van der Waals surface area contributed by atoms with Crippen molar-refractivity contribution in [2.45, 2.75) is 26.0 Å². The summed E-state index contributed by atoms with van der Waals surface area (Å²) in [5, 5.41) is 0. The van der Waals surface area contributed by atoms with Crippen LogP contribution in [-0.4, -0.2) is 42.7 Å². The molecule has 0 bridgehead atoms. The minimum atomic E-state index is -0.0531. The number of epoxide rings is 1. The van der Waals surface area contributed by atoms with Gasteiger partial charge in [-0.1, -0.05) is 29.8 Å². The van der Waals surface area contributed by atoms with Gasteiger partial charge in [-0.3, -0.25) is 4.90 Å². The summed E-state index contributed by atoms with van der Waals surface area (Å²) >= 11 is 0. The number of morpholine rings is 1. The zero-order valence-electron chi connectivity index (χ0n) is 13.4. The Kier molecular flexibility index (Phi) is 3.77. The van der Waals surface area contributed by atoms with E-state index in [1.807, 2.05) is 6.20 Å². The first kappa shape index (κ1) is 14.6. The molecule has 0 amide bonds. The molecule has 2 aliphatic heterocycles. The average molecular weight is 312 g/mol. The van der Waals surface area contributed by atoms with Gasteiger partial charge in [-0.2, -0.15) is 0 Å². The molecule has 5 heteroatoms. The third kappa shape index (κ3) is 2.95. The Hall–Kier alpha value is -1.95. The average Bonchev–Trinajstić information content (AvgIpc) is 3.35. The Labute approximate surface area is 135 Å². The van der Waals surface area contributed by atoms with Crippen LogP contribution in [-0.2, 0) is 16.0 Å². The highest BCUT2D eigenvalue weighted by Crippen LogP contribution is 2.33. The van der Waals surface area contributed by atoms with Crippen LogP contribution in [0.5, 0.6) is 5.88 Å². The molecule has 2 aromatic rings. The van der Waals surface area contributed by atoms with Gasteiger partial charge in [0.1, 0.15) is 0 Å². The van der Waals surface area contributed by atoms with E-state index in [9.17, 15) is 0 Å². The van der Waals surface area contributed by atoms with Crippen molar-refractivity contribution >= 4 is 0 Å². The maximum absolute atomic E-state index is 5.51. The molecule has 4 rings (SSSR count). The summed E-state index contributed by atoms with van der Waals surface area (Å²) in [7, 11) is 1.66.